The van der Waals surface area contributed by atoms with Crippen LogP contribution in [-0.2, 0) is 9.59 Å². The first kappa shape index (κ1) is 11.1. The van der Waals surface area contributed by atoms with Gasteiger partial charge in [0.2, 0.25) is 11.8 Å². The van der Waals surface area contributed by atoms with E-state index in [2.05, 4.69) is 0 Å². The van der Waals surface area contributed by atoms with E-state index in [-0.39, 0.29) is 17.5 Å². The molecule has 1 aromatic rings. The molecule has 1 aliphatic heterocycles. The molecule has 2 rings (SSSR count). The van der Waals surface area contributed by atoms with E-state index in [9.17, 15) is 9.59 Å². The molecule has 1 aromatic carbocycles. The summed E-state index contributed by atoms with van der Waals surface area (Å²) in [6, 6.07) is 6.49. The maximum absolute atomic E-state index is 11.7. The molecule has 5 heteroatoms. The topological polar surface area (TPSA) is 87.2 Å². The van der Waals surface area contributed by atoms with Gasteiger partial charge in [0.15, 0.2) is 0 Å². The van der Waals surface area contributed by atoms with E-state index in [1.165, 1.54) is 12.1 Å². The van der Waals surface area contributed by atoms with Gasteiger partial charge in [0.1, 0.15) is 0 Å². The highest BCUT2D eigenvalue weighted by Crippen LogP contribution is 2.28. The minimum atomic E-state index is -0.238. The third-order valence-corrected chi connectivity index (χ3v) is 2.68. The summed E-state index contributed by atoms with van der Waals surface area (Å²) in [5.41, 5.74) is 6.81. The minimum absolute atomic E-state index is 0.238. The maximum atomic E-state index is 11.7. The zero-order valence-corrected chi connectivity index (χ0v) is 9.14. The van der Waals surface area contributed by atoms with Crippen LogP contribution in [0.4, 0.5) is 11.4 Å². The van der Waals surface area contributed by atoms with E-state index in [0.29, 0.717) is 30.5 Å². The average Bonchev–Trinajstić information content (AvgIpc) is 2.30. The van der Waals surface area contributed by atoms with Gasteiger partial charge in [-0.25, -0.2) is 4.90 Å². The predicted molar refractivity (Wildman–Crippen MR) is 61.9 cm³/mol. The molecule has 0 spiro atoms. The van der Waals surface area contributed by atoms with Crippen molar-refractivity contribution in [3.8, 4) is 6.07 Å². The molecule has 0 bridgehead atoms. The van der Waals surface area contributed by atoms with Crippen LogP contribution in [0.1, 0.15) is 24.8 Å². The first-order valence-electron chi connectivity index (χ1n) is 5.29. The Bertz CT molecular complexity index is 515. The Morgan fingerprint density at radius 2 is 1.88 bits per heavy atom. The van der Waals surface area contributed by atoms with E-state index < -0.39 is 0 Å². The molecule has 0 saturated carbocycles. The third kappa shape index (κ3) is 1.97. The quantitative estimate of drug-likeness (QED) is 0.578. The standard InChI is InChI=1S/C12H11N3O2/c13-7-8-4-5-10(9(14)6-8)15-11(16)2-1-3-12(15)17/h4-6H,1-3,14H2. The Morgan fingerprint density at radius 3 is 2.41 bits per heavy atom. The number of rotatable bonds is 1. The molecule has 0 unspecified atom stereocenters. The Hall–Kier alpha value is -2.35. The van der Waals surface area contributed by atoms with Crippen LogP contribution in [0.15, 0.2) is 18.2 Å². The molecule has 17 heavy (non-hydrogen) atoms. The number of hydrogen-bond acceptors (Lipinski definition) is 4. The summed E-state index contributed by atoms with van der Waals surface area (Å²) in [4.78, 5) is 24.5. The molecule has 0 aliphatic carbocycles. The molecule has 2 N–H and O–H groups in total. The predicted octanol–water partition coefficient (Wildman–Crippen LogP) is 1.18. The number of nitriles is 1. The fraction of sp³-hybridized carbons (Fsp3) is 0.250. The summed E-state index contributed by atoms with van der Waals surface area (Å²) >= 11 is 0. The van der Waals surface area contributed by atoms with Crippen molar-refractivity contribution in [2.75, 3.05) is 10.6 Å². The Balaban J connectivity index is 2.42. The highest BCUT2D eigenvalue weighted by molar-refractivity contribution is 6.17. The van der Waals surface area contributed by atoms with Gasteiger partial charge >= 0.3 is 0 Å². The van der Waals surface area contributed by atoms with Gasteiger partial charge in [-0.15, -0.1) is 0 Å². The molecule has 1 aliphatic rings. The van der Waals surface area contributed by atoms with Gasteiger partial charge in [-0.2, -0.15) is 5.26 Å². The number of carbonyl (C=O) groups is 2. The van der Waals surface area contributed by atoms with Crippen LogP contribution < -0.4 is 10.6 Å². The molecule has 0 aromatic heterocycles. The SMILES string of the molecule is N#Cc1ccc(N2C(=O)CCCC2=O)c(N)c1. The van der Waals surface area contributed by atoms with Gasteiger partial charge in [0, 0.05) is 12.8 Å². The number of anilines is 2. The highest BCUT2D eigenvalue weighted by atomic mass is 16.2. The van der Waals surface area contributed by atoms with Crippen molar-refractivity contribution in [1.82, 2.24) is 0 Å². The van der Waals surface area contributed by atoms with E-state index in [4.69, 9.17) is 11.0 Å². The van der Waals surface area contributed by atoms with Crippen LogP contribution in [0.3, 0.4) is 0 Å². The van der Waals surface area contributed by atoms with Crippen LogP contribution in [0.5, 0.6) is 0 Å². The van der Waals surface area contributed by atoms with Crippen molar-refractivity contribution in [2.24, 2.45) is 0 Å². The largest absolute Gasteiger partial charge is 0.397 e. The molecule has 1 heterocycles. The smallest absolute Gasteiger partial charge is 0.233 e. The molecule has 0 atom stereocenters. The van der Waals surface area contributed by atoms with Gasteiger partial charge in [-0.1, -0.05) is 0 Å². The second kappa shape index (κ2) is 4.26. The lowest BCUT2D eigenvalue weighted by atomic mass is 10.1. The molecule has 86 valence electrons. The summed E-state index contributed by atoms with van der Waals surface area (Å²) in [6.07, 6.45) is 1.29. The van der Waals surface area contributed by atoms with Crippen LogP contribution in [0.25, 0.3) is 0 Å². The zero-order valence-electron chi connectivity index (χ0n) is 9.14. The number of nitrogen functional groups attached to an aromatic ring is 1. The monoisotopic (exact) mass is 229 g/mol. The number of carbonyl (C=O) groups excluding carboxylic acids is 2. The first-order valence-corrected chi connectivity index (χ1v) is 5.29. The molecule has 0 radical (unpaired) electrons. The van der Waals surface area contributed by atoms with Crippen molar-refractivity contribution in [3.05, 3.63) is 23.8 Å². The molecular weight excluding hydrogens is 218 g/mol. The van der Waals surface area contributed by atoms with E-state index in [1.807, 2.05) is 6.07 Å². The maximum Gasteiger partial charge on any atom is 0.233 e. The molecule has 5 nitrogen and oxygen atoms in total. The van der Waals surface area contributed by atoms with E-state index in [1.54, 1.807) is 6.07 Å². The first-order chi connectivity index (χ1) is 8.13. The number of piperidine rings is 1. The highest BCUT2D eigenvalue weighted by Gasteiger charge is 2.28. The zero-order chi connectivity index (χ0) is 12.4. The Labute approximate surface area is 98.4 Å². The number of imide groups is 1. The van der Waals surface area contributed by atoms with Gasteiger partial charge in [-0.3, -0.25) is 9.59 Å². The van der Waals surface area contributed by atoms with Crippen LogP contribution in [0.2, 0.25) is 0 Å². The number of benzene rings is 1. The van der Waals surface area contributed by atoms with Crippen molar-refractivity contribution >= 4 is 23.2 Å². The summed E-state index contributed by atoms with van der Waals surface area (Å²) in [6.45, 7) is 0. The lowest BCUT2D eigenvalue weighted by Crippen LogP contribution is -2.40. The normalized spacial score (nSPS) is 15.8. The molecule has 1 saturated heterocycles. The number of amides is 2. The van der Waals surface area contributed by atoms with E-state index >= 15 is 0 Å². The molecule has 1 fully saturated rings. The van der Waals surface area contributed by atoms with Crippen LogP contribution >= 0.6 is 0 Å². The van der Waals surface area contributed by atoms with Crippen molar-refractivity contribution in [1.29, 1.82) is 5.26 Å². The van der Waals surface area contributed by atoms with Gasteiger partial charge in [0.25, 0.3) is 0 Å². The third-order valence-electron chi connectivity index (χ3n) is 2.68. The van der Waals surface area contributed by atoms with Gasteiger partial charge in [0.05, 0.1) is 23.0 Å². The minimum Gasteiger partial charge on any atom is -0.397 e. The second-order valence-electron chi connectivity index (χ2n) is 3.86. The number of hydrogen-bond donors (Lipinski definition) is 1. The van der Waals surface area contributed by atoms with Crippen LogP contribution in [-0.4, -0.2) is 11.8 Å². The number of nitrogens with zero attached hydrogens (tertiary/aromatic N) is 2. The fourth-order valence-electron chi connectivity index (χ4n) is 1.85. The Kier molecular flexibility index (Phi) is 2.79. The fourth-order valence-corrected chi connectivity index (χ4v) is 1.85. The van der Waals surface area contributed by atoms with Gasteiger partial charge < -0.3 is 5.73 Å². The van der Waals surface area contributed by atoms with E-state index in [0.717, 1.165) is 4.90 Å². The second-order valence-corrected chi connectivity index (χ2v) is 3.86. The number of nitrogens with two attached hydrogens (primary N) is 1. The average molecular weight is 229 g/mol. The van der Waals surface area contributed by atoms with Crippen molar-refractivity contribution in [3.63, 3.8) is 0 Å². The lowest BCUT2D eigenvalue weighted by Gasteiger charge is -2.25. The molecular formula is C12H11N3O2. The lowest BCUT2D eigenvalue weighted by molar-refractivity contribution is -0.129. The summed E-state index contributed by atoms with van der Waals surface area (Å²) in [7, 11) is 0. The van der Waals surface area contributed by atoms with Crippen LogP contribution in [0, 0.1) is 11.3 Å². The van der Waals surface area contributed by atoms with Crippen molar-refractivity contribution in [2.45, 2.75) is 19.3 Å². The molecule has 2 amide bonds. The Morgan fingerprint density at radius 1 is 1.24 bits per heavy atom. The summed E-state index contributed by atoms with van der Waals surface area (Å²) in [5, 5.41) is 8.71. The summed E-state index contributed by atoms with van der Waals surface area (Å²) < 4.78 is 0. The van der Waals surface area contributed by atoms with Crippen molar-refractivity contribution < 1.29 is 9.59 Å². The van der Waals surface area contributed by atoms with Gasteiger partial charge in [-0.05, 0) is 24.6 Å². The summed E-state index contributed by atoms with van der Waals surface area (Å²) in [5.74, 6) is -0.477.